The van der Waals surface area contributed by atoms with Crippen LogP contribution in [-0.2, 0) is 9.59 Å². The van der Waals surface area contributed by atoms with Crippen LogP contribution < -0.4 is 9.47 Å². The van der Waals surface area contributed by atoms with E-state index in [-0.39, 0.29) is 5.91 Å². The number of likely N-dealkylation sites (N-methyl/N-ethyl adjacent to an activating group) is 1. The third-order valence-corrected chi connectivity index (χ3v) is 6.13. The number of aromatic nitrogens is 2. The number of nitrogens with zero attached hydrogens (tertiary/aromatic N) is 4. The topological polar surface area (TPSA) is 114 Å². The minimum atomic E-state index is -1.04. The van der Waals surface area contributed by atoms with Gasteiger partial charge in [0.1, 0.15) is 5.01 Å². The van der Waals surface area contributed by atoms with Crippen molar-refractivity contribution in [3.8, 4) is 11.5 Å². The maximum Gasteiger partial charge on any atom is 0.344 e. The summed E-state index contributed by atoms with van der Waals surface area (Å²) in [4.78, 5) is 30.8. The van der Waals surface area contributed by atoms with Gasteiger partial charge in [-0.25, -0.2) is 4.79 Å². The number of hydrogen-bond acceptors (Lipinski definition) is 9. The van der Waals surface area contributed by atoms with Crippen LogP contribution >= 0.6 is 23.1 Å². The molecule has 170 valence electrons. The molecule has 1 aromatic heterocycles. The number of amides is 1. The lowest BCUT2D eigenvalue weighted by molar-refractivity contribution is -0.145. The van der Waals surface area contributed by atoms with Gasteiger partial charge in [0.15, 0.2) is 22.8 Å². The molecule has 1 fully saturated rings. The highest BCUT2D eigenvalue weighted by Gasteiger charge is 2.32. The summed E-state index contributed by atoms with van der Waals surface area (Å²) in [7, 11) is 0. The molecule has 0 saturated carbocycles. The van der Waals surface area contributed by atoms with Crippen LogP contribution in [0.3, 0.4) is 0 Å². The highest BCUT2D eigenvalue weighted by molar-refractivity contribution is 8.18. The lowest BCUT2D eigenvalue weighted by Crippen LogP contribution is -2.28. The number of thioether (sulfide) groups is 1. The van der Waals surface area contributed by atoms with Crippen molar-refractivity contribution in [3.63, 3.8) is 0 Å². The number of hydrogen-bond donors (Lipinski definition) is 1. The molecule has 32 heavy (non-hydrogen) atoms. The lowest BCUT2D eigenvalue weighted by Gasteiger charge is -2.17. The number of carboxylic acid groups (broad SMARTS) is 1. The Balaban J connectivity index is 1.89. The molecule has 1 atom stereocenters. The Morgan fingerprint density at radius 1 is 1.28 bits per heavy atom. The summed E-state index contributed by atoms with van der Waals surface area (Å²) in [6.45, 7) is 8.16. The number of carbonyl (C=O) groups is 2. The number of carbonyl (C=O) groups excluding carboxylic acids is 1. The van der Waals surface area contributed by atoms with Gasteiger partial charge in [0.05, 0.1) is 11.5 Å². The highest BCUT2D eigenvalue weighted by atomic mass is 32.2. The van der Waals surface area contributed by atoms with Crippen molar-refractivity contribution in [3.05, 3.63) is 33.7 Å². The van der Waals surface area contributed by atoms with Gasteiger partial charge in [0, 0.05) is 6.54 Å². The van der Waals surface area contributed by atoms with Crippen molar-refractivity contribution in [1.29, 1.82) is 0 Å². The molecule has 9 nitrogen and oxygen atoms in total. The van der Waals surface area contributed by atoms with Gasteiger partial charge in [-0.2, -0.15) is 4.99 Å². The first kappa shape index (κ1) is 23.7. The average Bonchev–Trinajstić information content (AvgIpc) is 3.29. The molecule has 3 rings (SSSR count). The summed E-state index contributed by atoms with van der Waals surface area (Å²) in [6.07, 6.45) is 1.11. The molecule has 2 heterocycles. The van der Waals surface area contributed by atoms with Crippen molar-refractivity contribution < 1.29 is 24.2 Å². The van der Waals surface area contributed by atoms with E-state index in [0.717, 1.165) is 10.6 Å². The molecule has 0 aliphatic carbocycles. The molecule has 1 saturated heterocycles. The standard InChI is InChI=1S/C21H24N4O5S2/c1-5-14(19(27)28)30-15-9-8-13(10-16(15)29-7-3)11-17-18(26)25(6-2)21(32-17)22-20-24-23-12(4)31-20/h8-11,14H,5-7H2,1-4H3,(H,27,28)/b17-11+,22-21+. The zero-order valence-electron chi connectivity index (χ0n) is 18.2. The molecule has 1 amide bonds. The summed E-state index contributed by atoms with van der Waals surface area (Å²) in [5.41, 5.74) is 0.726. The van der Waals surface area contributed by atoms with Gasteiger partial charge in [-0.3, -0.25) is 9.69 Å². The molecule has 0 bridgehead atoms. The van der Waals surface area contributed by atoms with Crippen LogP contribution in [0.15, 0.2) is 28.1 Å². The van der Waals surface area contributed by atoms with Crippen molar-refractivity contribution >= 4 is 51.4 Å². The van der Waals surface area contributed by atoms with Gasteiger partial charge in [-0.15, -0.1) is 10.2 Å². The van der Waals surface area contributed by atoms with Crippen LogP contribution in [0.25, 0.3) is 6.08 Å². The predicted molar refractivity (Wildman–Crippen MR) is 125 cm³/mol. The third-order valence-electron chi connectivity index (χ3n) is 4.39. The fraction of sp³-hybridized carbons (Fsp3) is 0.381. The second-order valence-electron chi connectivity index (χ2n) is 6.65. The van der Waals surface area contributed by atoms with E-state index in [0.29, 0.717) is 46.3 Å². The van der Waals surface area contributed by atoms with Gasteiger partial charge >= 0.3 is 5.97 Å². The number of carboxylic acids is 1. The zero-order valence-corrected chi connectivity index (χ0v) is 19.8. The molecule has 0 radical (unpaired) electrons. The summed E-state index contributed by atoms with van der Waals surface area (Å²) in [6, 6.07) is 5.14. The summed E-state index contributed by atoms with van der Waals surface area (Å²) in [5.74, 6) is -0.417. The van der Waals surface area contributed by atoms with Crippen molar-refractivity contribution in [2.75, 3.05) is 13.2 Å². The monoisotopic (exact) mass is 476 g/mol. The Kier molecular flexibility index (Phi) is 7.86. The van der Waals surface area contributed by atoms with Gasteiger partial charge < -0.3 is 14.6 Å². The van der Waals surface area contributed by atoms with Crippen molar-refractivity contribution in [1.82, 2.24) is 15.1 Å². The summed E-state index contributed by atoms with van der Waals surface area (Å²) in [5, 5.41) is 19.1. The number of aliphatic carboxylic acids is 1. The van der Waals surface area contributed by atoms with E-state index in [4.69, 9.17) is 9.47 Å². The molecule has 2 aromatic rings. The van der Waals surface area contributed by atoms with Gasteiger partial charge in [0.25, 0.3) is 5.91 Å². The fourth-order valence-electron chi connectivity index (χ4n) is 2.88. The van der Waals surface area contributed by atoms with E-state index in [9.17, 15) is 14.7 Å². The number of benzene rings is 1. The van der Waals surface area contributed by atoms with Crippen LogP contribution in [0.5, 0.6) is 11.5 Å². The molecular weight excluding hydrogens is 452 g/mol. The van der Waals surface area contributed by atoms with Crippen LogP contribution in [-0.4, -0.2) is 56.5 Å². The molecule has 11 heteroatoms. The largest absolute Gasteiger partial charge is 0.490 e. The molecule has 1 aromatic carbocycles. The SMILES string of the molecule is CCOc1cc(/C=C2/S/C(=N/c3nnc(C)s3)N(CC)C2=O)ccc1OC(CC)C(=O)O. The Morgan fingerprint density at radius 3 is 2.66 bits per heavy atom. The van der Waals surface area contributed by atoms with Gasteiger partial charge in [-0.05, 0) is 62.7 Å². The fourth-order valence-corrected chi connectivity index (χ4v) is 4.54. The first-order valence-electron chi connectivity index (χ1n) is 10.1. The second-order valence-corrected chi connectivity index (χ2v) is 8.82. The molecule has 1 aliphatic rings. The molecule has 1 unspecified atom stereocenters. The number of aryl methyl sites for hydroxylation is 1. The van der Waals surface area contributed by atoms with Crippen LogP contribution in [0.1, 0.15) is 37.8 Å². The van der Waals surface area contributed by atoms with Crippen molar-refractivity contribution in [2.45, 2.75) is 40.2 Å². The quantitative estimate of drug-likeness (QED) is 0.538. The second kappa shape index (κ2) is 10.6. The minimum absolute atomic E-state index is 0.146. The summed E-state index contributed by atoms with van der Waals surface area (Å²) >= 11 is 2.63. The Bertz CT molecular complexity index is 1070. The lowest BCUT2D eigenvalue weighted by atomic mass is 10.1. The third kappa shape index (κ3) is 5.46. The average molecular weight is 477 g/mol. The maximum atomic E-state index is 12.9. The van der Waals surface area contributed by atoms with E-state index in [2.05, 4.69) is 15.2 Å². The smallest absolute Gasteiger partial charge is 0.344 e. The van der Waals surface area contributed by atoms with Crippen LogP contribution in [0.2, 0.25) is 0 Å². The Labute approximate surface area is 194 Å². The molecule has 0 spiro atoms. The first-order chi connectivity index (χ1) is 15.4. The Hall–Kier alpha value is -2.92. The molecule has 1 N–H and O–H groups in total. The Morgan fingerprint density at radius 2 is 2.06 bits per heavy atom. The van der Waals surface area contributed by atoms with E-state index < -0.39 is 12.1 Å². The maximum absolute atomic E-state index is 12.9. The zero-order chi connectivity index (χ0) is 23.3. The van der Waals surface area contributed by atoms with E-state index in [1.165, 1.54) is 23.1 Å². The van der Waals surface area contributed by atoms with Gasteiger partial charge in [-0.1, -0.05) is 24.3 Å². The normalized spacial score (nSPS) is 17.2. The minimum Gasteiger partial charge on any atom is -0.490 e. The van der Waals surface area contributed by atoms with Crippen molar-refractivity contribution in [2.24, 2.45) is 4.99 Å². The number of aliphatic imine (C=N–C) groups is 1. The molecular formula is C21H24N4O5S2. The van der Waals surface area contributed by atoms with Gasteiger partial charge in [0.2, 0.25) is 5.13 Å². The van der Waals surface area contributed by atoms with Crippen LogP contribution in [0, 0.1) is 6.92 Å². The van der Waals surface area contributed by atoms with E-state index in [1.807, 2.05) is 20.8 Å². The number of ether oxygens (including phenoxy) is 2. The highest BCUT2D eigenvalue weighted by Crippen LogP contribution is 2.36. The molecule has 1 aliphatic heterocycles. The summed E-state index contributed by atoms with van der Waals surface area (Å²) < 4.78 is 11.3. The predicted octanol–water partition coefficient (Wildman–Crippen LogP) is 4.11. The number of rotatable bonds is 9. The van der Waals surface area contributed by atoms with E-state index in [1.54, 1.807) is 36.1 Å². The number of amidine groups is 1. The van der Waals surface area contributed by atoms with Crippen LogP contribution in [0.4, 0.5) is 5.13 Å². The van der Waals surface area contributed by atoms with E-state index >= 15 is 0 Å². The first-order valence-corrected chi connectivity index (χ1v) is 11.8.